The van der Waals surface area contributed by atoms with E-state index in [9.17, 15) is 9.59 Å². The van der Waals surface area contributed by atoms with Crippen LogP contribution in [0.5, 0.6) is 0 Å². The standard InChI is InChI=1S/C22H34N4O3/c1-3-20-6-4-5-11-26(20)22(28)17(2)23-18-7-9-19(10-8-18)24-21(27)16-25-12-14-29-15-13-25/h7-10,17,20,23H,3-6,11-16H2,1-2H3,(H,24,27). The maximum atomic E-state index is 12.9. The van der Waals surface area contributed by atoms with Crippen LogP contribution in [0.1, 0.15) is 39.5 Å². The van der Waals surface area contributed by atoms with Crippen LogP contribution in [0.15, 0.2) is 24.3 Å². The van der Waals surface area contributed by atoms with Crippen LogP contribution in [0.4, 0.5) is 11.4 Å². The van der Waals surface area contributed by atoms with Crippen LogP contribution in [-0.2, 0) is 14.3 Å². The number of ether oxygens (including phenoxy) is 1. The number of hydrogen-bond donors (Lipinski definition) is 2. The third-order valence-corrected chi connectivity index (χ3v) is 5.77. The molecule has 7 heteroatoms. The predicted octanol–water partition coefficient (Wildman–Crippen LogP) is 2.55. The number of carbonyl (C=O) groups is 2. The number of amides is 2. The Kier molecular flexibility index (Phi) is 7.89. The summed E-state index contributed by atoms with van der Waals surface area (Å²) >= 11 is 0. The van der Waals surface area contributed by atoms with E-state index in [2.05, 4.69) is 22.5 Å². The monoisotopic (exact) mass is 402 g/mol. The summed E-state index contributed by atoms with van der Waals surface area (Å²) in [5.74, 6) is 0.145. The first-order chi connectivity index (χ1) is 14.1. The highest BCUT2D eigenvalue weighted by Gasteiger charge is 2.28. The molecule has 3 rings (SSSR count). The number of benzene rings is 1. The first-order valence-corrected chi connectivity index (χ1v) is 10.8. The van der Waals surface area contributed by atoms with Crippen molar-refractivity contribution in [2.75, 3.05) is 50.0 Å². The van der Waals surface area contributed by atoms with Gasteiger partial charge in [0.2, 0.25) is 11.8 Å². The molecule has 0 spiro atoms. The van der Waals surface area contributed by atoms with Gasteiger partial charge < -0.3 is 20.3 Å². The van der Waals surface area contributed by atoms with E-state index in [4.69, 9.17) is 4.74 Å². The Bertz CT molecular complexity index is 673. The summed E-state index contributed by atoms with van der Waals surface area (Å²) in [4.78, 5) is 29.2. The minimum Gasteiger partial charge on any atom is -0.379 e. The molecule has 1 aromatic carbocycles. The Morgan fingerprint density at radius 2 is 1.79 bits per heavy atom. The molecule has 2 amide bonds. The number of morpholine rings is 1. The molecule has 2 atom stereocenters. The van der Waals surface area contributed by atoms with Crippen LogP contribution in [0.2, 0.25) is 0 Å². The zero-order valence-electron chi connectivity index (χ0n) is 17.7. The third-order valence-electron chi connectivity index (χ3n) is 5.77. The van der Waals surface area contributed by atoms with Gasteiger partial charge in [-0.05, 0) is 56.9 Å². The van der Waals surface area contributed by atoms with Crippen molar-refractivity contribution in [3.05, 3.63) is 24.3 Å². The summed E-state index contributed by atoms with van der Waals surface area (Å²) in [5, 5.41) is 6.24. The summed E-state index contributed by atoms with van der Waals surface area (Å²) in [6.45, 7) is 8.25. The Morgan fingerprint density at radius 3 is 2.48 bits per heavy atom. The van der Waals surface area contributed by atoms with Gasteiger partial charge in [-0.3, -0.25) is 14.5 Å². The number of piperidine rings is 1. The highest BCUT2D eigenvalue weighted by molar-refractivity contribution is 5.92. The van der Waals surface area contributed by atoms with E-state index in [-0.39, 0.29) is 17.9 Å². The molecule has 0 saturated carbocycles. The van der Waals surface area contributed by atoms with Gasteiger partial charge in [0.25, 0.3) is 0 Å². The Morgan fingerprint density at radius 1 is 1.10 bits per heavy atom. The van der Waals surface area contributed by atoms with Gasteiger partial charge in [0, 0.05) is 37.1 Å². The zero-order valence-corrected chi connectivity index (χ0v) is 17.7. The fourth-order valence-electron chi connectivity index (χ4n) is 4.09. The molecule has 7 nitrogen and oxygen atoms in total. The predicted molar refractivity (Wildman–Crippen MR) is 115 cm³/mol. The van der Waals surface area contributed by atoms with Gasteiger partial charge >= 0.3 is 0 Å². The third kappa shape index (κ3) is 6.18. The Hall–Kier alpha value is -2.12. The fourth-order valence-corrected chi connectivity index (χ4v) is 4.09. The van der Waals surface area contributed by atoms with Crippen LogP contribution in [0, 0.1) is 0 Å². The molecule has 2 heterocycles. The maximum Gasteiger partial charge on any atom is 0.245 e. The van der Waals surface area contributed by atoms with Crippen LogP contribution in [0.25, 0.3) is 0 Å². The number of hydrogen-bond acceptors (Lipinski definition) is 5. The second-order valence-electron chi connectivity index (χ2n) is 7.97. The van der Waals surface area contributed by atoms with Gasteiger partial charge in [0.15, 0.2) is 0 Å². The average molecular weight is 403 g/mol. The highest BCUT2D eigenvalue weighted by Crippen LogP contribution is 2.21. The molecular formula is C22H34N4O3. The zero-order chi connectivity index (χ0) is 20.6. The van der Waals surface area contributed by atoms with Crippen molar-refractivity contribution in [3.8, 4) is 0 Å². The fraction of sp³-hybridized carbons (Fsp3) is 0.636. The molecule has 0 bridgehead atoms. The molecule has 2 aliphatic rings. The molecule has 1 aromatic rings. The number of nitrogens with zero attached hydrogens (tertiary/aromatic N) is 2. The summed E-state index contributed by atoms with van der Waals surface area (Å²) in [5.41, 5.74) is 1.64. The summed E-state index contributed by atoms with van der Waals surface area (Å²) in [6, 6.07) is 7.64. The van der Waals surface area contributed by atoms with Crippen LogP contribution >= 0.6 is 0 Å². The summed E-state index contributed by atoms with van der Waals surface area (Å²) in [6.07, 6.45) is 4.42. The van der Waals surface area contributed by atoms with E-state index in [0.29, 0.717) is 25.8 Å². The lowest BCUT2D eigenvalue weighted by Crippen LogP contribution is -2.49. The van der Waals surface area contributed by atoms with Crippen LogP contribution < -0.4 is 10.6 Å². The van der Waals surface area contributed by atoms with Crippen LogP contribution in [0.3, 0.4) is 0 Å². The lowest BCUT2D eigenvalue weighted by atomic mass is 9.99. The van der Waals surface area contributed by atoms with E-state index in [1.807, 2.05) is 36.1 Å². The largest absolute Gasteiger partial charge is 0.379 e. The van der Waals surface area contributed by atoms with Crippen LogP contribution in [-0.4, -0.2) is 73.1 Å². The quantitative estimate of drug-likeness (QED) is 0.733. The van der Waals surface area contributed by atoms with Crippen molar-refractivity contribution in [2.45, 2.75) is 51.6 Å². The maximum absolute atomic E-state index is 12.9. The summed E-state index contributed by atoms with van der Waals surface area (Å²) in [7, 11) is 0. The van der Waals surface area contributed by atoms with Crippen molar-refractivity contribution in [3.63, 3.8) is 0 Å². The van der Waals surface area contributed by atoms with Gasteiger partial charge in [-0.25, -0.2) is 0 Å². The number of rotatable bonds is 7. The number of anilines is 2. The second-order valence-corrected chi connectivity index (χ2v) is 7.97. The summed E-state index contributed by atoms with van der Waals surface area (Å²) < 4.78 is 5.30. The lowest BCUT2D eigenvalue weighted by Gasteiger charge is -2.37. The molecular weight excluding hydrogens is 368 g/mol. The Balaban J connectivity index is 1.49. The topological polar surface area (TPSA) is 73.9 Å². The molecule has 2 N–H and O–H groups in total. The molecule has 2 fully saturated rings. The molecule has 0 radical (unpaired) electrons. The minimum absolute atomic E-state index is 0.0214. The number of likely N-dealkylation sites (tertiary alicyclic amines) is 1. The number of nitrogens with one attached hydrogen (secondary N) is 2. The molecule has 160 valence electrons. The SMILES string of the molecule is CCC1CCCCN1C(=O)C(C)Nc1ccc(NC(=O)CN2CCOCC2)cc1. The van der Waals surface area contributed by atoms with Gasteiger partial charge in [0.05, 0.1) is 19.8 Å². The van der Waals surface area contributed by atoms with E-state index >= 15 is 0 Å². The number of carbonyl (C=O) groups excluding carboxylic acids is 2. The van der Waals surface area contributed by atoms with Crippen molar-refractivity contribution in [2.24, 2.45) is 0 Å². The smallest absolute Gasteiger partial charge is 0.245 e. The van der Waals surface area contributed by atoms with Crippen molar-refractivity contribution in [1.82, 2.24) is 9.80 Å². The van der Waals surface area contributed by atoms with E-state index < -0.39 is 0 Å². The normalized spacial score (nSPS) is 21.4. The van der Waals surface area contributed by atoms with E-state index in [1.165, 1.54) is 6.42 Å². The molecule has 29 heavy (non-hydrogen) atoms. The Labute approximate surface area is 173 Å². The molecule has 0 aromatic heterocycles. The van der Waals surface area contributed by atoms with Crippen molar-refractivity contribution >= 4 is 23.2 Å². The van der Waals surface area contributed by atoms with Gasteiger partial charge in [-0.15, -0.1) is 0 Å². The first kappa shape index (κ1) is 21.6. The average Bonchev–Trinajstić information content (AvgIpc) is 2.75. The van der Waals surface area contributed by atoms with Crippen molar-refractivity contribution in [1.29, 1.82) is 0 Å². The van der Waals surface area contributed by atoms with Gasteiger partial charge in [0.1, 0.15) is 6.04 Å². The highest BCUT2D eigenvalue weighted by atomic mass is 16.5. The second kappa shape index (κ2) is 10.6. The molecule has 2 saturated heterocycles. The molecule has 2 aliphatic heterocycles. The molecule has 0 aliphatic carbocycles. The van der Waals surface area contributed by atoms with E-state index in [0.717, 1.165) is 50.3 Å². The van der Waals surface area contributed by atoms with E-state index in [1.54, 1.807) is 0 Å². The minimum atomic E-state index is -0.274. The molecule has 2 unspecified atom stereocenters. The van der Waals surface area contributed by atoms with Gasteiger partial charge in [-0.1, -0.05) is 6.92 Å². The first-order valence-electron chi connectivity index (χ1n) is 10.8. The lowest BCUT2D eigenvalue weighted by molar-refractivity contribution is -0.135. The van der Waals surface area contributed by atoms with Gasteiger partial charge in [-0.2, -0.15) is 0 Å². The van der Waals surface area contributed by atoms with Crippen molar-refractivity contribution < 1.29 is 14.3 Å².